The summed E-state index contributed by atoms with van der Waals surface area (Å²) in [5, 5.41) is 2.83. The monoisotopic (exact) mass is 395 g/mol. The van der Waals surface area contributed by atoms with Gasteiger partial charge in [0.15, 0.2) is 0 Å². The van der Waals surface area contributed by atoms with Gasteiger partial charge in [-0.1, -0.05) is 12.1 Å². The van der Waals surface area contributed by atoms with Gasteiger partial charge in [0.05, 0.1) is 4.90 Å². The summed E-state index contributed by atoms with van der Waals surface area (Å²) in [7, 11) is -3.49. The molecule has 4 N–H and O–H groups in total. The summed E-state index contributed by atoms with van der Waals surface area (Å²) < 4.78 is 26.8. The molecular weight excluding hydrogens is 374 g/mol. The van der Waals surface area contributed by atoms with E-state index in [0.717, 1.165) is 18.4 Å². The number of nitrogens with two attached hydrogens (primary N) is 1. The fourth-order valence-corrected chi connectivity index (χ4v) is 3.69. The third-order valence-corrected chi connectivity index (χ3v) is 5.54. The smallest absolute Gasteiger partial charge is 0.251 e. The van der Waals surface area contributed by atoms with Crippen LogP contribution in [0.2, 0.25) is 0 Å². The summed E-state index contributed by atoms with van der Waals surface area (Å²) in [4.78, 5) is 12.3. The summed E-state index contributed by atoms with van der Waals surface area (Å²) in [6, 6.07) is 13.5. The minimum Gasteiger partial charge on any atom is -0.399 e. The molecule has 1 aliphatic carbocycles. The molecule has 2 aromatic rings. The van der Waals surface area contributed by atoms with E-state index in [9.17, 15) is 13.2 Å². The molecule has 6 nitrogen and oxygen atoms in total. The van der Waals surface area contributed by atoms with E-state index in [4.69, 9.17) is 5.73 Å². The van der Waals surface area contributed by atoms with Gasteiger partial charge in [-0.25, -0.2) is 13.1 Å². The van der Waals surface area contributed by atoms with Gasteiger partial charge in [-0.3, -0.25) is 4.79 Å². The number of anilines is 1. The molecule has 0 atom stereocenters. The van der Waals surface area contributed by atoms with E-state index in [1.807, 2.05) is 24.3 Å². The second-order valence-electron chi connectivity index (χ2n) is 6.17. The van der Waals surface area contributed by atoms with Crippen LogP contribution in [-0.2, 0) is 16.4 Å². The molecule has 0 spiro atoms. The van der Waals surface area contributed by atoms with E-state index in [-0.39, 0.29) is 29.3 Å². The Morgan fingerprint density at radius 1 is 1.04 bits per heavy atom. The van der Waals surface area contributed by atoms with E-state index in [0.29, 0.717) is 24.2 Å². The largest absolute Gasteiger partial charge is 0.399 e. The van der Waals surface area contributed by atoms with Gasteiger partial charge in [0.1, 0.15) is 0 Å². The number of nitrogens with one attached hydrogen (secondary N) is 2. The van der Waals surface area contributed by atoms with E-state index >= 15 is 0 Å². The summed E-state index contributed by atoms with van der Waals surface area (Å²) in [5.41, 5.74) is 7.86. The zero-order valence-electron chi connectivity index (χ0n) is 14.1. The van der Waals surface area contributed by atoms with E-state index in [2.05, 4.69) is 10.0 Å². The maximum atomic E-state index is 12.1. The Labute approximate surface area is 159 Å². The fourth-order valence-electron chi connectivity index (χ4n) is 2.38. The molecule has 1 aliphatic rings. The molecular formula is C18H22ClN3O3S. The SMILES string of the molecule is Cl.Nc1ccc(CCNC(=O)c2ccc(S(=O)(=O)NC3CC3)cc2)cc1. The highest BCUT2D eigenvalue weighted by Gasteiger charge is 2.27. The van der Waals surface area contributed by atoms with Crippen LogP contribution in [0.15, 0.2) is 53.4 Å². The molecule has 26 heavy (non-hydrogen) atoms. The lowest BCUT2D eigenvalue weighted by Crippen LogP contribution is -2.27. The summed E-state index contributed by atoms with van der Waals surface area (Å²) in [6.07, 6.45) is 2.46. The molecule has 0 heterocycles. The first-order chi connectivity index (χ1) is 11.9. The fraction of sp³-hybridized carbons (Fsp3) is 0.278. The molecule has 2 aromatic carbocycles. The first-order valence-electron chi connectivity index (χ1n) is 8.19. The van der Waals surface area contributed by atoms with Gasteiger partial charge in [0, 0.05) is 23.8 Å². The zero-order chi connectivity index (χ0) is 17.9. The minimum atomic E-state index is -3.49. The van der Waals surface area contributed by atoms with Crippen molar-refractivity contribution >= 4 is 34.0 Å². The Hall–Kier alpha value is -2.09. The molecule has 0 radical (unpaired) electrons. The van der Waals surface area contributed by atoms with Crippen molar-refractivity contribution in [3.63, 3.8) is 0 Å². The number of sulfonamides is 1. The molecule has 1 saturated carbocycles. The highest BCUT2D eigenvalue weighted by atomic mass is 35.5. The second kappa shape index (κ2) is 8.53. The van der Waals surface area contributed by atoms with Crippen molar-refractivity contribution < 1.29 is 13.2 Å². The number of amides is 1. The van der Waals surface area contributed by atoms with Gasteiger partial charge < -0.3 is 11.1 Å². The molecule has 0 saturated heterocycles. The molecule has 0 bridgehead atoms. The number of benzene rings is 2. The van der Waals surface area contributed by atoms with Gasteiger partial charge in [-0.15, -0.1) is 12.4 Å². The van der Waals surface area contributed by atoms with Crippen molar-refractivity contribution in [2.24, 2.45) is 0 Å². The number of nitrogen functional groups attached to an aromatic ring is 1. The molecule has 1 amide bonds. The van der Waals surface area contributed by atoms with Crippen LogP contribution in [0.4, 0.5) is 5.69 Å². The molecule has 140 valence electrons. The van der Waals surface area contributed by atoms with Crippen molar-refractivity contribution in [2.75, 3.05) is 12.3 Å². The minimum absolute atomic E-state index is 0. The maximum Gasteiger partial charge on any atom is 0.251 e. The Morgan fingerprint density at radius 2 is 1.65 bits per heavy atom. The summed E-state index contributed by atoms with van der Waals surface area (Å²) in [5.74, 6) is -0.227. The number of carbonyl (C=O) groups excluding carboxylic acids is 1. The Balaban J connectivity index is 0.00000243. The first kappa shape index (κ1) is 20.2. The van der Waals surface area contributed by atoms with Crippen molar-refractivity contribution in [2.45, 2.75) is 30.2 Å². The molecule has 8 heteroatoms. The average molecular weight is 396 g/mol. The van der Waals surface area contributed by atoms with Crippen LogP contribution in [0.25, 0.3) is 0 Å². The van der Waals surface area contributed by atoms with Gasteiger partial charge in [0.2, 0.25) is 10.0 Å². The normalized spacial score (nSPS) is 13.7. The van der Waals surface area contributed by atoms with Gasteiger partial charge in [-0.2, -0.15) is 0 Å². The van der Waals surface area contributed by atoms with Crippen LogP contribution in [0.3, 0.4) is 0 Å². The van der Waals surface area contributed by atoms with Crippen LogP contribution < -0.4 is 15.8 Å². The van der Waals surface area contributed by atoms with Crippen molar-refractivity contribution in [3.8, 4) is 0 Å². The topological polar surface area (TPSA) is 101 Å². The van der Waals surface area contributed by atoms with Crippen molar-refractivity contribution in [1.82, 2.24) is 10.0 Å². The van der Waals surface area contributed by atoms with Crippen LogP contribution in [0.5, 0.6) is 0 Å². The van der Waals surface area contributed by atoms with Crippen LogP contribution >= 0.6 is 12.4 Å². The van der Waals surface area contributed by atoms with Gasteiger partial charge in [-0.05, 0) is 61.2 Å². The molecule has 3 rings (SSSR count). The Bertz CT molecular complexity index is 848. The van der Waals surface area contributed by atoms with E-state index < -0.39 is 10.0 Å². The lowest BCUT2D eigenvalue weighted by Gasteiger charge is -2.08. The molecule has 0 aliphatic heterocycles. The number of hydrogen-bond acceptors (Lipinski definition) is 4. The number of hydrogen-bond donors (Lipinski definition) is 3. The average Bonchev–Trinajstić information content (AvgIpc) is 3.40. The van der Waals surface area contributed by atoms with Gasteiger partial charge >= 0.3 is 0 Å². The predicted octanol–water partition coefficient (Wildman–Crippen LogP) is 2.10. The van der Waals surface area contributed by atoms with Crippen molar-refractivity contribution in [1.29, 1.82) is 0 Å². The zero-order valence-corrected chi connectivity index (χ0v) is 15.8. The number of halogens is 1. The highest BCUT2D eigenvalue weighted by Crippen LogP contribution is 2.22. The Kier molecular flexibility index (Phi) is 6.63. The summed E-state index contributed by atoms with van der Waals surface area (Å²) in [6.45, 7) is 0.492. The van der Waals surface area contributed by atoms with Crippen LogP contribution in [-0.4, -0.2) is 26.9 Å². The second-order valence-corrected chi connectivity index (χ2v) is 7.88. The number of rotatable bonds is 7. The number of carbonyl (C=O) groups is 1. The molecule has 0 unspecified atom stereocenters. The summed E-state index contributed by atoms with van der Waals surface area (Å²) >= 11 is 0. The maximum absolute atomic E-state index is 12.1. The quantitative estimate of drug-likeness (QED) is 0.625. The first-order valence-corrected chi connectivity index (χ1v) is 9.67. The van der Waals surface area contributed by atoms with E-state index in [1.54, 1.807) is 0 Å². The Morgan fingerprint density at radius 3 is 2.23 bits per heavy atom. The lowest BCUT2D eigenvalue weighted by molar-refractivity contribution is 0.0954. The standard InChI is InChI=1S/C18H21N3O3S.ClH/c19-15-5-1-13(2-6-15)11-12-20-18(22)14-3-9-17(10-4-14)25(23,24)21-16-7-8-16;/h1-6,9-10,16,21H,7-8,11-12,19H2,(H,20,22);1H. The molecule has 1 fully saturated rings. The van der Waals surface area contributed by atoms with Crippen LogP contribution in [0, 0.1) is 0 Å². The van der Waals surface area contributed by atoms with Gasteiger partial charge in [0.25, 0.3) is 5.91 Å². The van der Waals surface area contributed by atoms with Crippen molar-refractivity contribution in [3.05, 3.63) is 59.7 Å². The molecule has 0 aromatic heterocycles. The van der Waals surface area contributed by atoms with E-state index in [1.165, 1.54) is 24.3 Å². The third-order valence-electron chi connectivity index (χ3n) is 4.00. The highest BCUT2D eigenvalue weighted by molar-refractivity contribution is 7.89. The predicted molar refractivity (Wildman–Crippen MR) is 104 cm³/mol. The third kappa shape index (κ3) is 5.45. The lowest BCUT2D eigenvalue weighted by atomic mass is 10.1. The van der Waals surface area contributed by atoms with Crippen LogP contribution in [0.1, 0.15) is 28.8 Å².